The number of rotatable bonds is 3. The fourth-order valence-electron chi connectivity index (χ4n) is 5.37. The van der Waals surface area contributed by atoms with Crippen LogP contribution in [0.2, 0.25) is 0 Å². The van der Waals surface area contributed by atoms with Gasteiger partial charge in [0.05, 0.1) is 0 Å². The zero-order valence-corrected chi connectivity index (χ0v) is 21.2. The van der Waals surface area contributed by atoms with Crippen molar-refractivity contribution in [3.63, 3.8) is 0 Å². The molecule has 2 N–H and O–H groups in total. The van der Waals surface area contributed by atoms with E-state index in [0.29, 0.717) is 17.2 Å². The van der Waals surface area contributed by atoms with Crippen molar-refractivity contribution in [3.05, 3.63) is 71.9 Å². The molecule has 0 radical (unpaired) electrons. The SMILES string of the molecule is CC.CC.CC1(c2ccccc2)CCC(N2CC=C(c3c[nH]c4ccc(O)cc34)CC2)CC1. The Bertz CT molecular complexity index is 1030. The molecule has 33 heavy (non-hydrogen) atoms. The van der Waals surface area contributed by atoms with E-state index in [4.69, 9.17) is 0 Å². The maximum atomic E-state index is 9.87. The standard InChI is InChI=1S/C26H30N2O.2C2H6/c1-26(20-5-3-2-4-6-20)13-9-21(10-14-26)28-15-11-19(12-16-28)24-18-27-25-8-7-22(29)17-23(24)25;2*1-2/h2-8,11,17-18,21,27,29H,9-10,12-16H2,1H3;2*1-2H3. The van der Waals surface area contributed by atoms with E-state index in [1.807, 2.05) is 39.8 Å². The van der Waals surface area contributed by atoms with Crippen molar-refractivity contribution in [1.29, 1.82) is 0 Å². The minimum absolute atomic E-state index is 0.333. The van der Waals surface area contributed by atoms with E-state index in [-0.39, 0.29) is 0 Å². The molecule has 2 aliphatic rings. The second kappa shape index (κ2) is 11.6. The summed E-state index contributed by atoms with van der Waals surface area (Å²) in [4.78, 5) is 6.03. The first-order chi connectivity index (χ1) is 16.1. The van der Waals surface area contributed by atoms with E-state index < -0.39 is 0 Å². The minimum atomic E-state index is 0.333. The maximum Gasteiger partial charge on any atom is 0.116 e. The van der Waals surface area contributed by atoms with Gasteiger partial charge >= 0.3 is 0 Å². The quantitative estimate of drug-likeness (QED) is 0.429. The molecule has 178 valence electrons. The molecule has 0 amide bonds. The van der Waals surface area contributed by atoms with Gasteiger partial charge in [0.2, 0.25) is 0 Å². The Balaban J connectivity index is 0.000000728. The van der Waals surface area contributed by atoms with Crippen molar-refractivity contribution in [2.24, 2.45) is 0 Å². The molecule has 3 aromatic rings. The molecule has 2 heterocycles. The van der Waals surface area contributed by atoms with E-state index in [0.717, 1.165) is 30.4 Å². The van der Waals surface area contributed by atoms with E-state index in [2.05, 4.69) is 59.4 Å². The van der Waals surface area contributed by atoms with Gasteiger partial charge in [-0.25, -0.2) is 0 Å². The van der Waals surface area contributed by atoms with Crippen LogP contribution >= 0.6 is 0 Å². The average molecular weight is 447 g/mol. The normalized spacial score (nSPS) is 23.1. The first-order valence-corrected chi connectivity index (χ1v) is 12.9. The third-order valence-corrected chi connectivity index (χ3v) is 7.30. The molecule has 1 aromatic heterocycles. The number of hydrogen-bond acceptors (Lipinski definition) is 2. The summed E-state index contributed by atoms with van der Waals surface area (Å²) in [6.07, 6.45) is 10.7. The first-order valence-electron chi connectivity index (χ1n) is 12.9. The van der Waals surface area contributed by atoms with Gasteiger partial charge in [0.15, 0.2) is 0 Å². The van der Waals surface area contributed by atoms with Crippen LogP contribution in [0.25, 0.3) is 16.5 Å². The average Bonchev–Trinajstić information content (AvgIpc) is 3.31. The molecular formula is C30H42N2O. The van der Waals surface area contributed by atoms with Crippen LogP contribution in [0.5, 0.6) is 5.75 Å². The fourth-order valence-corrected chi connectivity index (χ4v) is 5.37. The second-order valence-corrected chi connectivity index (χ2v) is 9.06. The van der Waals surface area contributed by atoms with Gasteiger partial charge in [0, 0.05) is 41.8 Å². The summed E-state index contributed by atoms with van der Waals surface area (Å²) in [5, 5.41) is 11.0. The highest BCUT2D eigenvalue weighted by Gasteiger charge is 2.35. The van der Waals surface area contributed by atoms with Crippen LogP contribution in [-0.2, 0) is 5.41 Å². The zero-order valence-electron chi connectivity index (χ0n) is 21.2. The summed E-state index contributed by atoms with van der Waals surface area (Å²) in [5.74, 6) is 0.333. The van der Waals surface area contributed by atoms with Gasteiger partial charge in [-0.2, -0.15) is 0 Å². The summed E-state index contributed by atoms with van der Waals surface area (Å²) in [6, 6.07) is 17.3. The van der Waals surface area contributed by atoms with Gasteiger partial charge in [0.1, 0.15) is 5.75 Å². The van der Waals surface area contributed by atoms with E-state index in [1.165, 1.54) is 42.4 Å². The topological polar surface area (TPSA) is 39.3 Å². The first kappa shape index (κ1) is 25.1. The molecule has 1 aliphatic carbocycles. The number of aromatic nitrogens is 1. The van der Waals surface area contributed by atoms with Gasteiger partial charge in [-0.15, -0.1) is 0 Å². The van der Waals surface area contributed by atoms with Crippen molar-refractivity contribution in [1.82, 2.24) is 9.88 Å². The number of hydrogen-bond donors (Lipinski definition) is 2. The highest BCUT2D eigenvalue weighted by atomic mass is 16.3. The van der Waals surface area contributed by atoms with Gasteiger partial charge in [-0.1, -0.05) is 71.0 Å². The molecular weight excluding hydrogens is 404 g/mol. The Labute approximate surface area is 200 Å². The third kappa shape index (κ3) is 5.52. The molecule has 3 nitrogen and oxygen atoms in total. The van der Waals surface area contributed by atoms with E-state index >= 15 is 0 Å². The number of nitrogens with one attached hydrogen (secondary N) is 1. The van der Waals surface area contributed by atoms with Gasteiger partial charge in [-0.05, 0) is 66.9 Å². The number of phenols is 1. The second-order valence-electron chi connectivity index (χ2n) is 9.06. The molecule has 0 spiro atoms. The Morgan fingerprint density at radius 3 is 2.30 bits per heavy atom. The monoisotopic (exact) mass is 446 g/mol. The third-order valence-electron chi connectivity index (χ3n) is 7.30. The summed E-state index contributed by atoms with van der Waals surface area (Å²) in [7, 11) is 0. The summed E-state index contributed by atoms with van der Waals surface area (Å²) >= 11 is 0. The van der Waals surface area contributed by atoms with Crippen molar-refractivity contribution >= 4 is 16.5 Å². The number of benzene rings is 2. The number of fused-ring (bicyclic) bond motifs is 1. The molecule has 1 fully saturated rings. The van der Waals surface area contributed by atoms with E-state index in [1.54, 1.807) is 6.07 Å². The van der Waals surface area contributed by atoms with Crippen LogP contribution in [-0.4, -0.2) is 34.1 Å². The van der Waals surface area contributed by atoms with Crippen molar-refractivity contribution in [2.75, 3.05) is 13.1 Å². The predicted molar refractivity (Wildman–Crippen MR) is 143 cm³/mol. The number of phenolic OH excluding ortho intramolecular Hbond substituents is 1. The Morgan fingerprint density at radius 2 is 1.67 bits per heavy atom. The molecule has 3 heteroatoms. The Morgan fingerprint density at radius 1 is 0.970 bits per heavy atom. The molecule has 0 atom stereocenters. The number of aromatic amines is 1. The number of nitrogens with zero attached hydrogens (tertiary/aromatic N) is 1. The predicted octanol–water partition coefficient (Wildman–Crippen LogP) is 7.92. The van der Waals surface area contributed by atoms with Crippen molar-refractivity contribution < 1.29 is 5.11 Å². The van der Waals surface area contributed by atoms with Gasteiger partial charge in [0.25, 0.3) is 0 Å². The van der Waals surface area contributed by atoms with Gasteiger partial charge in [-0.3, -0.25) is 4.90 Å². The molecule has 0 unspecified atom stereocenters. The number of aromatic hydroxyl groups is 1. The molecule has 0 bridgehead atoms. The molecule has 1 saturated carbocycles. The highest BCUT2D eigenvalue weighted by molar-refractivity contribution is 5.93. The van der Waals surface area contributed by atoms with E-state index in [9.17, 15) is 5.11 Å². The lowest BCUT2D eigenvalue weighted by Crippen LogP contribution is -2.43. The summed E-state index contributed by atoms with van der Waals surface area (Å²) in [6.45, 7) is 12.6. The Hall–Kier alpha value is -2.52. The Kier molecular flexibility index (Phi) is 8.80. The minimum Gasteiger partial charge on any atom is -0.508 e. The molecule has 2 aromatic carbocycles. The lowest BCUT2D eigenvalue weighted by Gasteiger charge is -2.43. The lowest BCUT2D eigenvalue weighted by molar-refractivity contribution is 0.139. The lowest BCUT2D eigenvalue weighted by atomic mass is 9.69. The smallest absolute Gasteiger partial charge is 0.116 e. The zero-order chi connectivity index (χ0) is 23.8. The van der Waals surface area contributed by atoms with Crippen LogP contribution in [0.15, 0.2) is 60.8 Å². The van der Waals surface area contributed by atoms with Crippen molar-refractivity contribution in [3.8, 4) is 5.75 Å². The molecule has 0 saturated heterocycles. The van der Waals surface area contributed by atoms with Crippen LogP contribution in [0.4, 0.5) is 0 Å². The summed E-state index contributed by atoms with van der Waals surface area (Å²) in [5.41, 5.74) is 5.58. The maximum absolute atomic E-state index is 9.87. The molecule has 1 aliphatic heterocycles. The largest absolute Gasteiger partial charge is 0.508 e. The van der Waals surface area contributed by atoms with Crippen molar-refractivity contribution in [2.45, 2.75) is 78.2 Å². The van der Waals surface area contributed by atoms with Crippen LogP contribution in [0.3, 0.4) is 0 Å². The molecule has 5 rings (SSSR count). The highest BCUT2D eigenvalue weighted by Crippen LogP contribution is 2.41. The van der Waals surface area contributed by atoms with Crippen LogP contribution in [0.1, 0.15) is 77.8 Å². The number of H-pyrrole nitrogens is 1. The van der Waals surface area contributed by atoms with Crippen LogP contribution < -0.4 is 0 Å². The van der Waals surface area contributed by atoms with Gasteiger partial charge < -0.3 is 10.1 Å². The van der Waals surface area contributed by atoms with Crippen LogP contribution in [0, 0.1) is 0 Å². The fraction of sp³-hybridized carbons (Fsp3) is 0.467. The summed E-state index contributed by atoms with van der Waals surface area (Å²) < 4.78 is 0.